The number of hydrogen-bond acceptors (Lipinski definition) is 4. The summed E-state index contributed by atoms with van der Waals surface area (Å²) in [6, 6.07) is 0. The fourth-order valence-electron chi connectivity index (χ4n) is 0.836. The highest BCUT2D eigenvalue weighted by atomic mass is 79.9. The Morgan fingerprint density at radius 3 is 2.92 bits per heavy atom. The number of carbonyl (C=O) groups excluding carboxylic acids is 1. The van der Waals surface area contributed by atoms with E-state index < -0.39 is 5.97 Å². The first-order chi connectivity index (χ1) is 6.06. The highest BCUT2D eigenvalue weighted by Crippen LogP contribution is 2.09. The summed E-state index contributed by atoms with van der Waals surface area (Å²) in [5, 5.41) is 0. The van der Waals surface area contributed by atoms with Gasteiger partial charge in [0.15, 0.2) is 0 Å². The molecule has 0 amide bonds. The average molecular weight is 247 g/mol. The third-order valence-corrected chi connectivity index (χ3v) is 1.90. The van der Waals surface area contributed by atoms with Crippen molar-refractivity contribution in [1.29, 1.82) is 0 Å². The molecular weight excluding hydrogens is 238 g/mol. The number of rotatable bonds is 1. The molecule has 0 radical (unpaired) electrons. The number of ether oxygens (including phenoxy) is 1. The summed E-state index contributed by atoms with van der Waals surface area (Å²) in [5.74, 6) is -0.274. The Kier molecular flexibility index (Phi) is 2.82. The normalized spacial score (nSPS) is 9.77. The second kappa shape index (κ2) is 3.69. The van der Waals surface area contributed by atoms with Gasteiger partial charge in [-0.2, -0.15) is 0 Å². The van der Waals surface area contributed by atoms with Gasteiger partial charge in [0.2, 0.25) is 5.69 Å². The minimum absolute atomic E-state index is 0.111. The molecule has 0 saturated carbocycles. The monoisotopic (exact) mass is 246 g/mol. The number of methoxy groups -OCH3 is 1. The molecule has 0 unspecified atom stereocenters. The van der Waals surface area contributed by atoms with E-state index in [9.17, 15) is 4.79 Å². The van der Waals surface area contributed by atoms with E-state index in [0.29, 0.717) is 4.60 Å². The summed E-state index contributed by atoms with van der Waals surface area (Å²) >= 11 is 3.15. The van der Waals surface area contributed by atoms with E-state index in [0.717, 1.165) is 0 Å². The number of carbonyl (C=O) groups is 1. The van der Waals surface area contributed by atoms with Gasteiger partial charge in [0.05, 0.1) is 14.2 Å². The standard InChI is InChI=1S/C7H8BrN3O2/c1-11-3-4(8)10-5(6(11)9)7(12)13-2/h3,9H,1-2H3/p+1. The predicted octanol–water partition coefficient (Wildman–Crippen LogP) is 0.0374. The van der Waals surface area contributed by atoms with Gasteiger partial charge in [0.25, 0.3) is 0 Å². The minimum atomic E-state index is -0.547. The molecule has 2 N–H and O–H groups in total. The Morgan fingerprint density at radius 1 is 1.77 bits per heavy atom. The molecule has 13 heavy (non-hydrogen) atoms. The van der Waals surface area contributed by atoms with Crippen LogP contribution in [0.15, 0.2) is 10.8 Å². The van der Waals surface area contributed by atoms with Crippen molar-refractivity contribution >= 4 is 27.7 Å². The lowest BCUT2D eigenvalue weighted by Gasteiger charge is -2.01. The third kappa shape index (κ3) is 1.95. The molecule has 1 heterocycles. The smallest absolute Gasteiger partial charge is 0.365 e. The van der Waals surface area contributed by atoms with Crippen LogP contribution in [0.1, 0.15) is 10.5 Å². The predicted molar refractivity (Wildman–Crippen MR) is 48.9 cm³/mol. The van der Waals surface area contributed by atoms with E-state index in [1.54, 1.807) is 17.8 Å². The van der Waals surface area contributed by atoms with Gasteiger partial charge in [-0.1, -0.05) is 0 Å². The zero-order valence-corrected chi connectivity index (χ0v) is 8.83. The fraction of sp³-hybridized carbons (Fsp3) is 0.286. The van der Waals surface area contributed by atoms with Gasteiger partial charge in [-0.25, -0.2) is 14.3 Å². The molecule has 0 aliphatic heterocycles. The molecular formula is C7H9BrN3O2+. The van der Waals surface area contributed by atoms with E-state index in [1.165, 1.54) is 7.11 Å². The lowest BCUT2D eigenvalue weighted by atomic mass is 10.4. The Hall–Kier alpha value is -1.17. The molecule has 0 saturated heterocycles. The van der Waals surface area contributed by atoms with Crippen molar-refractivity contribution in [3.8, 4) is 0 Å². The number of halogens is 1. The zero-order chi connectivity index (χ0) is 10.0. The van der Waals surface area contributed by atoms with Crippen molar-refractivity contribution in [2.24, 2.45) is 7.05 Å². The fourth-order valence-corrected chi connectivity index (χ4v) is 1.32. The number of aryl methyl sites for hydroxylation is 1. The molecule has 0 aliphatic carbocycles. The van der Waals surface area contributed by atoms with Crippen LogP contribution in [0.4, 0.5) is 5.82 Å². The lowest BCUT2D eigenvalue weighted by Crippen LogP contribution is -2.35. The molecule has 0 spiro atoms. The van der Waals surface area contributed by atoms with Crippen molar-refractivity contribution in [2.75, 3.05) is 12.8 Å². The molecule has 5 nitrogen and oxygen atoms in total. The van der Waals surface area contributed by atoms with Crippen molar-refractivity contribution in [1.82, 2.24) is 4.98 Å². The molecule has 0 bridgehead atoms. The van der Waals surface area contributed by atoms with E-state index in [-0.39, 0.29) is 11.5 Å². The molecule has 6 heteroatoms. The van der Waals surface area contributed by atoms with Gasteiger partial charge in [-0.15, -0.1) is 0 Å². The molecule has 70 valence electrons. The summed E-state index contributed by atoms with van der Waals surface area (Å²) in [6.07, 6.45) is 1.65. The van der Waals surface area contributed by atoms with Gasteiger partial charge in [0.1, 0.15) is 10.8 Å². The van der Waals surface area contributed by atoms with Gasteiger partial charge in [0, 0.05) is 0 Å². The first-order valence-electron chi connectivity index (χ1n) is 3.46. The molecule has 0 fully saturated rings. The van der Waals surface area contributed by atoms with Crippen LogP contribution in [0.25, 0.3) is 0 Å². The van der Waals surface area contributed by atoms with E-state index in [2.05, 4.69) is 25.7 Å². The maximum Gasteiger partial charge on any atom is 0.365 e. The van der Waals surface area contributed by atoms with Crippen LogP contribution in [0.5, 0.6) is 0 Å². The number of hydrogen-bond donors (Lipinski definition) is 1. The third-order valence-electron chi connectivity index (χ3n) is 1.52. The second-order valence-electron chi connectivity index (χ2n) is 2.40. The second-order valence-corrected chi connectivity index (χ2v) is 3.21. The number of anilines is 1. The van der Waals surface area contributed by atoms with Crippen LogP contribution in [-0.2, 0) is 11.8 Å². The topological polar surface area (TPSA) is 69.1 Å². The average Bonchev–Trinajstić information content (AvgIpc) is 2.10. The number of nitrogen functional groups attached to an aromatic ring is 1. The summed E-state index contributed by atoms with van der Waals surface area (Å²) in [4.78, 5) is 15.0. The number of nitrogens with two attached hydrogens (primary N) is 1. The van der Waals surface area contributed by atoms with Crippen molar-refractivity contribution in [3.05, 3.63) is 16.5 Å². The largest absolute Gasteiger partial charge is 0.464 e. The van der Waals surface area contributed by atoms with Crippen molar-refractivity contribution < 1.29 is 14.1 Å². The van der Waals surface area contributed by atoms with Gasteiger partial charge >= 0.3 is 11.8 Å². The first kappa shape index (κ1) is 9.91. The van der Waals surface area contributed by atoms with Crippen molar-refractivity contribution in [3.63, 3.8) is 0 Å². The highest BCUT2D eigenvalue weighted by molar-refractivity contribution is 9.10. The van der Waals surface area contributed by atoms with Crippen LogP contribution in [0.3, 0.4) is 0 Å². The zero-order valence-electron chi connectivity index (χ0n) is 7.24. The molecule has 1 aromatic heterocycles. The lowest BCUT2D eigenvalue weighted by molar-refractivity contribution is -0.658. The van der Waals surface area contributed by atoms with Gasteiger partial charge in [-0.05, 0) is 15.9 Å². The number of aromatic nitrogens is 2. The number of esters is 1. The maximum absolute atomic E-state index is 11.1. The Balaban J connectivity index is 3.28. The Labute approximate surface area is 83.7 Å². The summed E-state index contributed by atoms with van der Waals surface area (Å²) in [6.45, 7) is 0. The van der Waals surface area contributed by atoms with Gasteiger partial charge < -0.3 is 4.74 Å². The summed E-state index contributed by atoms with van der Waals surface area (Å²) in [7, 11) is 3.00. The minimum Gasteiger partial charge on any atom is -0.464 e. The molecule has 0 aromatic carbocycles. The van der Waals surface area contributed by atoms with Crippen LogP contribution in [0.2, 0.25) is 0 Å². The summed E-state index contributed by atoms with van der Waals surface area (Å²) < 4.78 is 6.63. The maximum atomic E-state index is 11.1. The van der Waals surface area contributed by atoms with E-state index in [4.69, 9.17) is 5.73 Å². The van der Waals surface area contributed by atoms with Crippen LogP contribution in [-0.4, -0.2) is 18.1 Å². The summed E-state index contributed by atoms with van der Waals surface area (Å²) in [5.41, 5.74) is 5.72. The molecule has 1 aromatic rings. The van der Waals surface area contributed by atoms with E-state index in [1.807, 2.05) is 0 Å². The molecule has 1 rings (SSSR count). The SMILES string of the molecule is COC(=O)c1nc(Br)c[n+](C)c1N. The van der Waals surface area contributed by atoms with Crippen LogP contribution in [0, 0.1) is 0 Å². The van der Waals surface area contributed by atoms with Crippen molar-refractivity contribution in [2.45, 2.75) is 0 Å². The Bertz CT molecular complexity index is 354. The van der Waals surface area contributed by atoms with E-state index >= 15 is 0 Å². The number of nitrogens with zero attached hydrogens (tertiary/aromatic N) is 2. The van der Waals surface area contributed by atoms with Gasteiger partial charge in [-0.3, -0.25) is 5.73 Å². The molecule has 0 atom stereocenters. The first-order valence-corrected chi connectivity index (χ1v) is 4.25. The molecule has 0 aliphatic rings. The Morgan fingerprint density at radius 2 is 2.38 bits per heavy atom. The highest BCUT2D eigenvalue weighted by Gasteiger charge is 2.19. The van der Waals surface area contributed by atoms with Crippen LogP contribution >= 0.6 is 15.9 Å². The van der Waals surface area contributed by atoms with Crippen LogP contribution < -0.4 is 10.3 Å². The quantitative estimate of drug-likeness (QED) is 0.561.